The van der Waals surface area contributed by atoms with Crippen LogP contribution in [0.3, 0.4) is 0 Å². The van der Waals surface area contributed by atoms with Gasteiger partial charge in [0.2, 0.25) is 0 Å². The molecule has 6 aromatic carbocycles. The van der Waals surface area contributed by atoms with Gasteiger partial charge in [-0.05, 0) is 81.6 Å². The van der Waals surface area contributed by atoms with Crippen molar-refractivity contribution >= 4 is 32.3 Å². The van der Waals surface area contributed by atoms with Crippen LogP contribution in [0.2, 0.25) is 0 Å². The molecule has 0 aliphatic rings. The second-order valence-corrected chi connectivity index (χ2v) is 10.3. The Morgan fingerprint density at radius 2 is 1.02 bits per heavy atom. The molecule has 7 aromatic rings. The van der Waals surface area contributed by atoms with Crippen molar-refractivity contribution in [3.8, 4) is 45.7 Å². The molecule has 0 amide bonds. The van der Waals surface area contributed by atoms with Crippen LogP contribution in [0, 0.1) is 0 Å². The van der Waals surface area contributed by atoms with Crippen LogP contribution < -0.4 is 4.74 Å². The minimum atomic E-state index is -0.129. The Kier molecular flexibility index (Phi) is 6.05. The molecule has 7 rings (SSSR count). The molecule has 1 aromatic heterocycles. The summed E-state index contributed by atoms with van der Waals surface area (Å²) in [5.41, 5.74) is 3.77. The van der Waals surface area contributed by atoms with Crippen LogP contribution in [0.15, 0.2) is 115 Å². The normalized spacial score (nSPS) is 11.5. The molecule has 0 atom stereocenters. The lowest BCUT2D eigenvalue weighted by Crippen LogP contribution is -2.10. The van der Waals surface area contributed by atoms with Gasteiger partial charge >= 0.3 is 6.01 Å². The van der Waals surface area contributed by atoms with E-state index in [-0.39, 0.29) is 17.9 Å². The third-order valence-corrected chi connectivity index (χ3v) is 7.31. The Balaban J connectivity index is 1.56. The van der Waals surface area contributed by atoms with Crippen LogP contribution in [0.25, 0.3) is 66.2 Å². The Bertz CT molecular complexity index is 2070. The Morgan fingerprint density at radius 1 is 0.512 bits per heavy atom. The van der Waals surface area contributed by atoms with E-state index in [0.29, 0.717) is 17.2 Å². The number of phenolic OH excluding ortho intramolecular Hbond substituents is 1. The zero-order chi connectivity index (χ0) is 27.9. The monoisotopic (exact) mass is 533 g/mol. The quantitative estimate of drug-likeness (QED) is 0.224. The van der Waals surface area contributed by atoms with Crippen molar-refractivity contribution in [1.29, 1.82) is 0 Å². The number of aromatic hydroxyl groups is 1. The molecule has 0 fully saturated rings. The summed E-state index contributed by atoms with van der Waals surface area (Å²) >= 11 is 0. The van der Waals surface area contributed by atoms with Crippen molar-refractivity contribution in [2.45, 2.75) is 20.0 Å². The van der Waals surface area contributed by atoms with Crippen LogP contribution in [0.4, 0.5) is 0 Å². The summed E-state index contributed by atoms with van der Waals surface area (Å²) in [7, 11) is 0. The number of benzene rings is 6. The van der Waals surface area contributed by atoms with Crippen molar-refractivity contribution in [2.24, 2.45) is 0 Å². The highest BCUT2D eigenvalue weighted by atomic mass is 16.5. The zero-order valence-corrected chi connectivity index (χ0v) is 22.7. The van der Waals surface area contributed by atoms with Crippen molar-refractivity contribution in [2.75, 3.05) is 0 Å². The largest absolute Gasteiger partial charge is 0.507 e. The van der Waals surface area contributed by atoms with Gasteiger partial charge in [0.05, 0.1) is 11.7 Å². The van der Waals surface area contributed by atoms with Gasteiger partial charge in [-0.15, -0.1) is 0 Å². The lowest BCUT2D eigenvalue weighted by molar-refractivity contribution is 0.222. The first-order valence-electron chi connectivity index (χ1n) is 13.7. The molecule has 41 heavy (non-hydrogen) atoms. The van der Waals surface area contributed by atoms with E-state index in [4.69, 9.17) is 14.7 Å². The molecule has 0 aliphatic heterocycles. The summed E-state index contributed by atoms with van der Waals surface area (Å²) in [6.45, 7) is 3.87. The zero-order valence-electron chi connectivity index (χ0n) is 22.7. The molecule has 1 heterocycles. The second-order valence-electron chi connectivity index (χ2n) is 10.3. The maximum Gasteiger partial charge on any atom is 0.320 e. The fraction of sp³-hybridized carbons (Fsp3) is 0.0833. The smallest absolute Gasteiger partial charge is 0.320 e. The summed E-state index contributed by atoms with van der Waals surface area (Å²) < 4.78 is 5.97. The number of para-hydroxylation sites is 1. The van der Waals surface area contributed by atoms with Crippen LogP contribution >= 0.6 is 0 Å². The van der Waals surface area contributed by atoms with Gasteiger partial charge in [0.15, 0.2) is 11.6 Å². The number of nitrogens with zero attached hydrogens (tertiary/aromatic N) is 3. The molecule has 0 spiro atoms. The van der Waals surface area contributed by atoms with Crippen molar-refractivity contribution in [1.82, 2.24) is 15.0 Å². The fourth-order valence-electron chi connectivity index (χ4n) is 5.52. The van der Waals surface area contributed by atoms with E-state index >= 15 is 0 Å². The molecular weight excluding hydrogens is 506 g/mol. The fourth-order valence-corrected chi connectivity index (χ4v) is 5.52. The maximum absolute atomic E-state index is 10.6. The number of hydrogen-bond acceptors (Lipinski definition) is 5. The minimum Gasteiger partial charge on any atom is -0.507 e. The number of ether oxygens (including phenoxy) is 1. The third-order valence-electron chi connectivity index (χ3n) is 7.31. The Morgan fingerprint density at radius 3 is 1.66 bits per heavy atom. The third kappa shape index (κ3) is 4.42. The van der Waals surface area contributed by atoms with Crippen LogP contribution in [-0.4, -0.2) is 26.2 Å². The molecule has 0 saturated heterocycles. The highest BCUT2D eigenvalue weighted by Gasteiger charge is 2.19. The van der Waals surface area contributed by atoms with E-state index in [2.05, 4.69) is 83.8 Å². The summed E-state index contributed by atoms with van der Waals surface area (Å²) in [6, 6.07) is 39.2. The highest BCUT2D eigenvalue weighted by molar-refractivity contribution is 6.23. The van der Waals surface area contributed by atoms with Crippen molar-refractivity contribution < 1.29 is 9.84 Å². The molecule has 0 saturated carbocycles. The molecule has 1 N–H and O–H groups in total. The van der Waals surface area contributed by atoms with Gasteiger partial charge in [-0.3, -0.25) is 0 Å². The van der Waals surface area contributed by atoms with Crippen LogP contribution in [0.5, 0.6) is 11.8 Å². The molecule has 0 unspecified atom stereocenters. The second kappa shape index (κ2) is 10.0. The van der Waals surface area contributed by atoms with Gasteiger partial charge in [0.1, 0.15) is 5.75 Å². The Hall–Kier alpha value is -5.29. The van der Waals surface area contributed by atoms with Gasteiger partial charge in [0.25, 0.3) is 0 Å². The van der Waals surface area contributed by atoms with Gasteiger partial charge in [0, 0.05) is 5.56 Å². The standard InChI is InChI=1S/C36H27N3O2/c1-22(2)41-36-38-34(28-18-10-11-19-33(28)40)37-35(39-36)32-21-31-25-15-7-6-14-24(25)29(23-12-4-3-5-13-23)20-30(31)26-16-8-9-17-27(26)32/h3-22,40H,1-2H3. The molecule has 5 heteroatoms. The van der Waals surface area contributed by atoms with E-state index in [0.717, 1.165) is 32.5 Å². The molecule has 0 radical (unpaired) electrons. The predicted molar refractivity (Wildman–Crippen MR) is 166 cm³/mol. The number of fused-ring (bicyclic) bond motifs is 5. The lowest BCUT2D eigenvalue weighted by Gasteiger charge is -2.16. The number of hydrogen-bond donors (Lipinski definition) is 1. The van der Waals surface area contributed by atoms with E-state index in [1.165, 1.54) is 16.5 Å². The van der Waals surface area contributed by atoms with Gasteiger partial charge in [-0.1, -0.05) is 91.0 Å². The Labute approximate surface area is 237 Å². The first-order chi connectivity index (χ1) is 20.1. The average Bonchev–Trinajstić information content (AvgIpc) is 3.00. The summed E-state index contributed by atoms with van der Waals surface area (Å²) in [6.07, 6.45) is -0.129. The topological polar surface area (TPSA) is 68.1 Å². The van der Waals surface area contributed by atoms with Crippen molar-refractivity contribution in [3.63, 3.8) is 0 Å². The van der Waals surface area contributed by atoms with E-state index in [9.17, 15) is 5.11 Å². The van der Waals surface area contributed by atoms with Crippen molar-refractivity contribution in [3.05, 3.63) is 115 Å². The number of aromatic nitrogens is 3. The highest BCUT2D eigenvalue weighted by Crippen LogP contribution is 2.41. The van der Waals surface area contributed by atoms with E-state index < -0.39 is 0 Å². The van der Waals surface area contributed by atoms with E-state index in [1.807, 2.05) is 32.0 Å². The van der Waals surface area contributed by atoms with Crippen LogP contribution in [0.1, 0.15) is 13.8 Å². The summed E-state index contributed by atoms with van der Waals surface area (Å²) in [5, 5.41) is 17.4. The van der Waals surface area contributed by atoms with Gasteiger partial charge < -0.3 is 9.84 Å². The lowest BCUT2D eigenvalue weighted by atomic mass is 9.89. The first kappa shape index (κ1) is 24.7. The van der Waals surface area contributed by atoms with E-state index in [1.54, 1.807) is 18.2 Å². The minimum absolute atomic E-state index is 0.1000. The number of phenols is 1. The molecule has 0 bridgehead atoms. The average molecular weight is 534 g/mol. The van der Waals surface area contributed by atoms with Gasteiger partial charge in [-0.25, -0.2) is 4.98 Å². The summed E-state index contributed by atoms with van der Waals surface area (Å²) in [5.74, 6) is 0.948. The molecule has 0 aliphatic carbocycles. The SMILES string of the molecule is CC(C)Oc1nc(-c2ccccc2O)nc(-c2cc3c4ccccc4c(-c4ccccc4)cc3c3ccccc23)n1. The van der Waals surface area contributed by atoms with Crippen LogP contribution in [-0.2, 0) is 0 Å². The molecule has 198 valence electrons. The summed E-state index contributed by atoms with van der Waals surface area (Å²) in [4.78, 5) is 14.2. The maximum atomic E-state index is 10.6. The van der Waals surface area contributed by atoms with Gasteiger partial charge in [-0.2, -0.15) is 9.97 Å². The molecular formula is C36H27N3O2. The first-order valence-corrected chi connectivity index (χ1v) is 13.7. The predicted octanol–water partition coefficient (Wildman–Crippen LogP) is 8.83. The number of rotatable bonds is 5. The molecule has 5 nitrogen and oxygen atoms in total.